The summed E-state index contributed by atoms with van der Waals surface area (Å²) in [6.07, 6.45) is 8.02. The maximum atomic E-state index is 11.6. The van der Waals surface area contributed by atoms with Crippen molar-refractivity contribution in [3.63, 3.8) is 0 Å². The van der Waals surface area contributed by atoms with Gasteiger partial charge in [0.25, 0.3) is 0 Å². The normalized spacial score (nSPS) is 13.1. The van der Waals surface area contributed by atoms with Crippen molar-refractivity contribution in [2.45, 2.75) is 31.1 Å². The van der Waals surface area contributed by atoms with Crippen LogP contribution in [0.2, 0.25) is 0 Å². The van der Waals surface area contributed by atoms with Gasteiger partial charge in [0.2, 0.25) is 5.79 Å². The van der Waals surface area contributed by atoms with Crippen LogP contribution in [-0.2, 0) is 20.9 Å². The summed E-state index contributed by atoms with van der Waals surface area (Å²) in [5.41, 5.74) is 8.37. The Balaban J connectivity index is 2.06. The summed E-state index contributed by atoms with van der Waals surface area (Å²) in [7, 11) is 3.14. The number of rotatable bonds is 13. The Hall–Kier alpha value is -3.30. The number of hydroxylamine groups is 2. The second kappa shape index (κ2) is 12.1. The van der Waals surface area contributed by atoms with Gasteiger partial charge in [-0.1, -0.05) is 66.7 Å². The van der Waals surface area contributed by atoms with Crippen LogP contribution in [-0.4, -0.2) is 40.5 Å². The van der Waals surface area contributed by atoms with E-state index in [1.807, 2.05) is 60.8 Å². The maximum absolute atomic E-state index is 11.6. The fraction of sp³-hybridized carbons (Fsp3) is 0.280. The van der Waals surface area contributed by atoms with E-state index in [0.29, 0.717) is 0 Å². The highest BCUT2D eigenvalue weighted by molar-refractivity contribution is 5.70. The topological polar surface area (TPSA) is 97.6 Å². The molecule has 0 fully saturated rings. The number of nitrogens with one attached hydrogen (secondary N) is 2. The van der Waals surface area contributed by atoms with Crippen molar-refractivity contribution in [1.82, 2.24) is 20.5 Å². The molecule has 1 unspecified atom stereocenters. The van der Waals surface area contributed by atoms with Crippen LogP contribution in [0.15, 0.2) is 85.5 Å². The molecular weight excluding hydrogens is 420 g/mol. The van der Waals surface area contributed by atoms with E-state index in [4.69, 9.17) is 9.68 Å². The number of hydrogen-bond donors (Lipinski definition) is 3. The third-order valence-corrected chi connectivity index (χ3v) is 5.25. The zero-order valence-electron chi connectivity index (χ0n) is 18.8. The van der Waals surface area contributed by atoms with Gasteiger partial charge in [-0.05, 0) is 23.1 Å². The van der Waals surface area contributed by atoms with E-state index in [1.165, 1.54) is 5.56 Å². The number of carbonyl (C=O) groups is 1. The average Bonchev–Trinajstić information content (AvgIpc) is 3.34. The van der Waals surface area contributed by atoms with E-state index in [9.17, 15) is 9.90 Å². The quantitative estimate of drug-likeness (QED) is 0.270. The lowest BCUT2D eigenvalue weighted by Crippen LogP contribution is -2.44. The van der Waals surface area contributed by atoms with Crippen molar-refractivity contribution in [3.8, 4) is 0 Å². The number of allylic oxidation sites excluding steroid dienone is 1. The van der Waals surface area contributed by atoms with Crippen LogP contribution in [0.1, 0.15) is 30.0 Å². The van der Waals surface area contributed by atoms with Crippen molar-refractivity contribution in [1.29, 1.82) is 0 Å². The molecule has 1 heterocycles. The first-order valence-corrected chi connectivity index (χ1v) is 10.7. The van der Waals surface area contributed by atoms with Gasteiger partial charge in [-0.2, -0.15) is 0 Å². The third-order valence-electron chi connectivity index (χ3n) is 5.25. The zero-order chi connectivity index (χ0) is 23.5. The van der Waals surface area contributed by atoms with E-state index in [0.717, 1.165) is 17.6 Å². The number of carboxylic acids is 1. The first-order valence-electron chi connectivity index (χ1n) is 10.7. The van der Waals surface area contributed by atoms with Gasteiger partial charge in [0, 0.05) is 32.9 Å². The highest BCUT2D eigenvalue weighted by atomic mass is 16.8. The standard InChI is InChI=1S/C25H30N4O4/c1-26-32-25(33-27-2,18-24(30)31)14-13-22(21-11-7-4-8-12-21)23(29-16-15-28-19-29)17-20-9-5-3-6-10-20/h3-13,15-16,19,23,26-27H,14,17-18H2,1-2H3,(H,30,31)/b22-13+. The number of benzene rings is 2. The Morgan fingerprint density at radius 2 is 1.73 bits per heavy atom. The van der Waals surface area contributed by atoms with Crippen LogP contribution >= 0.6 is 0 Å². The van der Waals surface area contributed by atoms with E-state index in [2.05, 4.69) is 32.6 Å². The van der Waals surface area contributed by atoms with Crippen LogP contribution < -0.4 is 11.0 Å². The molecule has 0 radical (unpaired) electrons. The zero-order valence-corrected chi connectivity index (χ0v) is 18.8. The molecule has 3 aromatic rings. The van der Waals surface area contributed by atoms with E-state index >= 15 is 0 Å². The number of aromatic nitrogens is 2. The first-order chi connectivity index (χ1) is 16.1. The molecule has 33 heavy (non-hydrogen) atoms. The molecule has 8 nitrogen and oxygen atoms in total. The van der Waals surface area contributed by atoms with Gasteiger partial charge in [0.05, 0.1) is 12.4 Å². The van der Waals surface area contributed by atoms with Crippen LogP contribution in [0.25, 0.3) is 5.57 Å². The molecule has 3 N–H and O–H groups in total. The molecule has 0 spiro atoms. The Labute approximate surface area is 193 Å². The summed E-state index contributed by atoms with van der Waals surface area (Å²) in [5.74, 6) is -2.48. The molecule has 0 saturated heterocycles. The van der Waals surface area contributed by atoms with Crippen molar-refractivity contribution < 1.29 is 19.6 Å². The average molecular weight is 451 g/mol. The lowest BCUT2D eigenvalue weighted by Gasteiger charge is -2.30. The van der Waals surface area contributed by atoms with Crippen LogP contribution in [0.3, 0.4) is 0 Å². The summed E-state index contributed by atoms with van der Waals surface area (Å²) >= 11 is 0. The van der Waals surface area contributed by atoms with Gasteiger partial charge in [-0.25, -0.2) is 15.9 Å². The Morgan fingerprint density at radius 1 is 1.09 bits per heavy atom. The third kappa shape index (κ3) is 6.84. The van der Waals surface area contributed by atoms with E-state index in [-0.39, 0.29) is 18.9 Å². The van der Waals surface area contributed by atoms with Gasteiger partial charge >= 0.3 is 5.97 Å². The molecule has 1 atom stereocenters. The second-order valence-corrected chi connectivity index (χ2v) is 7.54. The monoisotopic (exact) mass is 450 g/mol. The largest absolute Gasteiger partial charge is 0.481 e. The first kappa shape index (κ1) is 24.3. The van der Waals surface area contributed by atoms with Crippen LogP contribution in [0, 0.1) is 0 Å². The van der Waals surface area contributed by atoms with Crippen LogP contribution in [0.4, 0.5) is 0 Å². The van der Waals surface area contributed by atoms with E-state index < -0.39 is 11.8 Å². The predicted molar refractivity (Wildman–Crippen MR) is 126 cm³/mol. The molecule has 3 rings (SSSR count). The van der Waals surface area contributed by atoms with Gasteiger partial charge in [0.1, 0.15) is 6.42 Å². The SMILES string of the molecule is CNOC(C/C=C(\c1ccccc1)C(Cc1ccccc1)n1ccnc1)(CC(=O)O)ONC. The summed E-state index contributed by atoms with van der Waals surface area (Å²) in [5, 5.41) is 9.49. The number of carboxylic acid groups (broad SMARTS) is 1. The summed E-state index contributed by atoms with van der Waals surface area (Å²) < 4.78 is 2.06. The minimum Gasteiger partial charge on any atom is -0.481 e. The molecule has 2 aromatic carbocycles. The molecule has 8 heteroatoms. The second-order valence-electron chi connectivity index (χ2n) is 7.54. The van der Waals surface area contributed by atoms with Crippen molar-refractivity contribution in [2.24, 2.45) is 0 Å². The lowest BCUT2D eigenvalue weighted by atomic mass is 9.91. The van der Waals surface area contributed by atoms with Crippen molar-refractivity contribution >= 4 is 11.5 Å². The number of hydrogen-bond acceptors (Lipinski definition) is 6. The summed E-state index contributed by atoms with van der Waals surface area (Å²) in [6.45, 7) is 0. The molecule has 0 bridgehead atoms. The minimum atomic E-state index is -1.44. The van der Waals surface area contributed by atoms with Gasteiger partial charge in [0.15, 0.2) is 0 Å². The molecule has 0 aliphatic carbocycles. The molecule has 0 saturated carbocycles. The predicted octanol–water partition coefficient (Wildman–Crippen LogP) is 3.61. The molecule has 174 valence electrons. The molecular formula is C25H30N4O4. The number of nitrogens with zero attached hydrogens (tertiary/aromatic N) is 2. The van der Waals surface area contributed by atoms with Crippen molar-refractivity contribution in [2.75, 3.05) is 14.1 Å². The highest BCUT2D eigenvalue weighted by Crippen LogP contribution is 2.33. The Kier molecular flexibility index (Phi) is 8.91. The Bertz CT molecular complexity index is 1000. The fourth-order valence-electron chi connectivity index (χ4n) is 3.86. The molecule has 1 aromatic heterocycles. The summed E-state index contributed by atoms with van der Waals surface area (Å²) in [6, 6.07) is 20.1. The van der Waals surface area contributed by atoms with Gasteiger partial charge < -0.3 is 9.67 Å². The van der Waals surface area contributed by atoms with Gasteiger partial charge in [-0.15, -0.1) is 0 Å². The number of imidazole rings is 1. The summed E-state index contributed by atoms with van der Waals surface area (Å²) in [4.78, 5) is 27.0. The number of aliphatic carboxylic acids is 1. The maximum Gasteiger partial charge on any atom is 0.308 e. The minimum absolute atomic E-state index is 0.0796. The van der Waals surface area contributed by atoms with E-state index in [1.54, 1.807) is 26.6 Å². The van der Waals surface area contributed by atoms with Crippen molar-refractivity contribution in [3.05, 3.63) is 96.6 Å². The molecule has 0 amide bonds. The lowest BCUT2D eigenvalue weighted by molar-refractivity contribution is -0.287. The molecule has 0 aliphatic heterocycles. The van der Waals surface area contributed by atoms with Gasteiger partial charge in [-0.3, -0.25) is 14.5 Å². The Morgan fingerprint density at radius 3 is 2.27 bits per heavy atom. The fourth-order valence-corrected chi connectivity index (χ4v) is 3.86. The van der Waals surface area contributed by atoms with Crippen LogP contribution in [0.5, 0.6) is 0 Å². The highest BCUT2D eigenvalue weighted by Gasteiger charge is 2.36. The molecule has 0 aliphatic rings. The smallest absolute Gasteiger partial charge is 0.308 e.